The fourth-order valence-corrected chi connectivity index (χ4v) is 2.07. The monoisotopic (exact) mass is 272 g/mol. The maximum absolute atomic E-state index is 6.12. The summed E-state index contributed by atoms with van der Waals surface area (Å²) in [5.74, 6) is 0.603. The molecule has 0 saturated carbocycles. The summed E-state index contributed by atoms with van der Waals surface area (Å²) in [5, 5.41) is 7.01. The van der Waals surface area contributed by atoms with Crippen molar-refractivity contribution in [2.75, 3.05) is 11.7 Å². The number of hydrogen-bond donors (Lipinski definition) is 0. The number of benzene rings is 2. The van der Waals surface area contributed by atoms with Crippen LogP contribution in [-0.2, 0) is 4.74 Å². The maximum atomic E-state index is 6.12. The van der Waals surface area contributed by atoms with Crippen LogP contribution in [0.2, 0.25) is 5.02 Å². The zero-order chi connectivity index (χ0) is 13.2. The summed E-state index contributed by atoms with van der Waals surface area (Å²) in [6.45, 7) is 2.39. The number of halogens is 1. The molecule has 0 bridgehead atoms. The summed E-state index contributed by atoms with van der Waals surface area (Å²) in [6.07, 6.45) is 0. The first kappa shape index (κ1) is 12.1. The second-order valence-electron chi connectivity index (χ2n) is 4.38. The summed E-state index contributed by atoms with van der Waals surface area (Å²) >= 11 is 6.12. The molecule has 0 saturated heterocycles. The molecule has 0 aromatic heterocycles. The lowest BCUT2D eigenvalue weighted by molar-refractivity contribution is 0.338. The summed E-state index contributed by atoms with van der Waals surface area (Å²) in [7, 11) is 0. The van der Waals surface area contributed by atoms with E-state index in [1.807, 2.05) is 60.5 Å². The fraction of sp³-hybridized carbons (Fsp3) is 0.133. The van der Waals surface area contributed by atoms with Crippen LogP contribution in [0.4, 0.5) is 5.69 Å². The van der Waals surface area contributed by atoms with Gasteiger partial charge in [-0.1, -0.05) is 35.9 Å². The largest absolute Gasteiger partial charge is 0.453 e. The second kappa shape index (κ2) is 4.94. The van der Waals surface area contributed by atoms with Crippen molar-refractivity contribution in [2.24, 2.45) is 5.10 Å². The zero-order valence-corrected chi connectivity index (χ0v) is 11.3. The normalized spacial score (nSPS) is 14.2. The first-order valence-electron chi connectivity index (χ1n) is 6.04. The van der Waals surface area contributed by atoms with Gasteiger partial charge in [-0.2, -0.15) is 0 Å². The van der Waals surface area contributed by atoms with Gasteiger partial charge in [-0.05, 0) is 36.8 Å². The predicted octanol–water partition coefficient (Wildman–Crippen LogP) is 3.80. The van der Waals surface area contributed by atoms with Gasteiger partial charge in [-0.3, -0.25) is 0 Å². The number of nitrogens with zero attached hydrogens (tertiary/aromatic N) is 2. The van der Waals surface area contributed by atoms with Crippen LogP contribution in [0, 0.1) is 6.92 Å². The third-order valence-electron chi connectivity index (χ3n) is 3.01. The Morgan fingerprint density at radius 2 is 1.95 bits per heavy atom. The smallest absolute Gasteiger partial charge is 0.240 e. The molecule has 96 valence electrons. The van der Waals surface area contributed by atoms with E-state index in [-0.39, 0.29) is 0 Å². The summed E-state index contributed by atoms with van der Waals surface area (Å²) < 4.78 is 5.62. The molecule has 1 heterocycles. The molecule has 0 N–H and O–H groups in total. The molecule has 0 aliphatic carbocycles. The average molecular weight is 273 g/mol. The Morgan fingerprint density at radius 1 is 1.16 bits per heavy atom. The molecule has 0 unspecified atom stereocenters. The van der Waals surface area contributed by atoms with Gasteiger partial charge in [0.25, 0.3) is 0 Å². The Kier molecular flexibility index (Phi) is 3.13. The van der Waals surface area contributed by atoms with E-state index < -0.39 is 0 Å². The molecule has 0 spiro atoms. The van der Waals surface area contributed by atoms with Crippen molar-refractivity contribution in [2.45, 2.75) is 6.92 Å². The van der Waals surface area contributed by atoms with Crippen LogP contribution in [0.25, 0.3) is 0 Å². The van der Waals surface area contributed by atoms with Crippen molar-refractivity contribution >= 4 is 23.2 Å². The lowest BCUT2D eigenvalue weighted by Crippen LogP contribution is -2.12. The van der Waals surface area contributed by atoms with Gasteiger partial charge in [0.1, 0.15) is 0 Å². The van der Waals surface area contributed by atoms with Gasteiger partial charge in [0, 0.05) is 10.6 Å². The molecule has 2 aromatic carbocycles. The Labute approximate surface area is 117 Å². The first-order valence-corrected chi connectivity index (χ1v) is 6.42. The van der Waals surface area contributed by atoms with E-state index in [9.17, 15) is 0 Å². The Balaban J connectivity index is 1.89. The van der Waals surface area contributed by atoms with Crippen LogP contribution < -0.4 is 5.01 Å². The van der Waals surface area contributed by atoms with E-state index in [2.05, 4.69) is 5.10 Å². The third kappa shape index (κ3) is 2.42. The molecule has 4 heteroatoms. The number of ether oxygens (including phenoxy) is 1. The van der Waals surface area contributed by atoms with Crippen molar-refractivity contribution in [3.05, 3.63) is 64.7 Å². The minimum Gasteiger partial charge on any atom is -0.453 e. The van der Waals surface area contributed by atoms with Gasteiger partial charge in [0.15, 0.2) is 6.73 Å². The summed E-state index contributed by atoms with van der Waals surface area (Å²) in [5.41, 5.74) is 2.95. The molecule has 2 aromatic rings. The highest BCUT2D eigenvalue weighted by molar-refractivity contribution is 6.31. The van der Waals surface area contributed by atoms with Crippen molar-refractivity contribution in [1.29, 1.82) is 0 Å². The predicted molar refractivity (Wildman–Crippen MR) is 77.6 cm³/mol. The van der Waals surface area contributed by atoms with Crippen LogP contribution in [-0.4, -0.2) is 12.6 Å². The lowest BCUT2D eigenvalue weighted by Gasteiger charge is -2.09. The standard InChI is InChI=1S/C15H13ClN2O/c1-11-7-8-12(9-14(11)16)15-17-18(10-19-15)13-5-3-2-4-6-13/h2-9H,10H2,1H3. The van der Waals surface area contributed by atoms with Gasteiger partial charge in [0.2, 0.25) is 5.90 Å². The summed E-state index contributed by atoms with van der Waals surface area (Å²) in [6, 6.07) is 15.7. The molecule has 0 fully saturated rings. The Hall–Kier alpha value is -2.00. The van der Waals surface area contributed by atoms with Crippen LogP contribution in [0.1, 0.15) is 11.1 Å². The minimum atomic E-state index is 0.421. The van der Waals surface area contributed by atoms with Crippen LogP contribution >= 0.6 is 11.6 Å². The molecule has 1 aliphatic heterocycles. The zero-order valence-electron chi connectivity index (χ0n) is 10.5. The van der Waals surface area contributed by atoms with E-state index in [1.165, 1.54) is 0 Å². The third-order valence-corrected chi connectivity index (χ3v) is 3.42. The number of anilines is 1. The molecule has 3 nitrogen and oxygen atoms in total. The number of rotatable bonds is 2. The molecule has 1 aliphatic rings. The van der Waals surface area contributed by atoms with E-state index in [0.29, 0.717) is 12.6 Å². The average Bonchev–Trinajstić information content (AvgIpc) is 2.93. The van der Waals surface area contributed by atoms with Crippen LogP contribution in [0.15, 0.2) is 53.6 Å². The van der Waals surface area contributed by atoms with Crippen LogP contribution in [0.5, 0.6) is 0 Å². The van der Waals surface area contributed by atoms with Gasteiger partial charge >= 0.3 is 0 Å². The van der Waals surface area contributed by atoms with E-state index >= 15 is 0 Å². The van der Waals surface area contributed by atoms with Crippen LogP contribution in [0.3, 0.4) is 0 Å². The van der Waals surface area contributed by atoms with Gasteiger partial charge in [-0.15, -0.1) is 5.10 Å². The Bertz CT molecular complexity index is 625. The molecule has 3 rings (SSSR count). The van der Waals surface area contributed by atoms with Crippen molar-refractivity contribution in [3.8, 4) is 0 Å². The number of para-hydroxylation sites is 1. The topological polar surface area (TPSA) is 24.8 Å². The minimum absolute atomic E-state index is 0.421. The van der Waals surface area contributed by atoms with Gasteiger partial charge < -0.3 is 4.74 Å². The van der Waals surface area contributed by atoms with Crippen molar-refractivity contribution in [1.82, 2.24) is 0 Å². The quantitative estimate of drug-likeness (QED) is 0.831. The fourth-order valence-electron chi connectivity index (χ4n) is 1.89. The SMILES string of the molecule is Cc1ccc(C2=NN(c3ccccc3)CO2)cc1Cl. The first-order chi connectivity index (χ1) is 9.24. The Morgan fingerprint density at radius 3 is 2.68 bits per heavy atom. The number of hydrazone groups is 1. The van der Waals surface area contributed by atoms with Crippen molar-refractivity contribution in [3.63, 3.8) is 0 Å². The molecule has 0 atom stereocenters. The summed E-state index contributed by atoms with van der Waals surface area (Å²) in [4.78, 5) is 0. The van der Waals surface area contributed by atoms with E-state index in [0.717, 1.165) is 21.8 Å². The lowest BCUT2D eigenvalue weighted by atomic mass is 10.1. The van der Waals surface area contributed by atoms with Crippen molar-refractivity contribution < 1.29 is 4.74 Å². The highest BCUT2D eigenvalue weighted by Crippen LogP contribution is 2.22. The number of aryl methyl sites for hydroxylation is 1. The van der Waals surface area contributed by atoms with E-state index in [4.69, 9.17) is 16.3 Å². The molecule has 0 amide bonds. The molecular formula is C15H13ClN2O. The van der Waals surface area contributed by atoms with Gasteiger partial charge in [0.05, 0.1) is 5.69 Å². The second-order valence-corrected chi connectivity index (χ2v) is 4.78. The molecule has 19 heavy (non-hydrogen) atoms. The highest BCUT2D eigenvalue weighted by Gasteiger charge is 2.18. The molecule has 0 radical (unpaired) electrons. The molecular weight excluding hydrogens is 260 g/mol. The maximum Gasteiger partial charge on any atom is 0.240 e. The number of hydrogen-bond acceptors (Lipinski definition) is 3. The highest BCUT2D eigenvalue weighted by atomic mass is 35.5. The van der Waals surface area contributed by atoms with E-state index in [1.54, 1.807) is 0 Å². The van der Waals surface area contributed by atoms with Gasteiger partial charge in [-0.25, -0.2) is 5.01 Å².